The highest BCUT2D eigenvalue weighted by atomic mass is 32.2. The van der Waals surface area contributed by atoms with Crippen LogP contribution >= 0.6 is 0 Å². The van der Waals surface area contributed by atoms with Crippen LogP contribution in [0.2, 0.25) is 0 Å². The lowest BCUT2D eigenvalue weighted by Gasteiger charge is -2.12. The van der Waals surface area contributed by atoms with Crippen molar-refractivity contribution < 1.29 is 8.42 Å². The molecule has 0 bridgehead atoms. The molecular formula is C13H17NO2S. The van der Waals surface area contributed by atoms with Crippen molar-refractivity contribution in [2.45, 2.75) is 23.0 Å². The highest BCUT2D eigenvalue weighted by Gasteiger charge is 2.43. The fourth-order valence-electron chi connectivity index (χ4n) is 3.17. The molecular weight excluding hydrogens is 234 g/mol. The van der Waals surface area contributed by atoms with Crippen molar-refractivity contribution in [1.82, 2.24) is 5.32 Å². The van der Waals surface area contributed by atoms with Crippen molar-refractivity contribution in [2.24, 2.45) is 11.8 Å². The van der Waals surface area contributed by atoms with Crippen molar-refractivity contribution in [1.29, 1.82) is 0 Å². The van der Waals surface area contributed by atoms with Gasteiger partial charge in [-0.25, -0.2) is 8.42 Å². The number of hydrogen-bond acceptors (Lipinski definition) is 3. The van der Waals surface area contributed by atoms with Crippen molar-refractivity contribution in [2.75, 3.05) is 13.1 Å². The van der Waals surface area contributed by atoms with Crippen LogP contribution in [0.15, 0.2) is 35.2 Å². The number of sulfone groups is 1. The predicted molar refractivity (Wildman–Crippen MR) is 66.5 cm³/mol. The van der Waals surface area contributed by atoms with E-state index in [-0.39, 0.29) is 5.25 Å². The van der Waals surface area contributed by atoms with E-state index in [0.717, 1.165) is 25.9 Å². The smallest absolute Gasteiger partial charge is 0.181 e. The van der Waals surface area contributed by atoms with E-state index < -0.39 is 9.84 Å². The molecule has 0 spiro atoms. The first-order chi connectivity index (χ1) is 8.18. The van der Waals surface area contributed by atoms with Crippen molar-refractivity contribution in [3.63, 3.8) is 0 Å². The van der Waals surface area contributed by atoms with Gasteiger partial charge >= 0.3 is 0 Å². The molecule has 92 valence electrons. The van der Waals surface area contributed by atoms with Crippen molar-refractivity contribution >= 4 is 9.84 Å². The van der Waals surface area contributed by atoms with Gasteiger partial charge in [0.15, 0.2) is 9.84 Å². The van der Waals surface area contributed by atoms with Gasteiger partial charge in [0, 0.05) is 0 Å². The molecule has 3 nitrogen and oxygen atoms in total. The van der Waals surface area contributed by atoms with Crippen LogP contribution < -0.4 is 5.32 Å². The lowest BCUT2D eigenvalue weighted by atomic mass is 10.0. The quantitative estimate of drug-likeness (QED) is 0.865. The lowest BCUT2D eigenvalue weighted by molar-refractivity contribution is 0.494. The first-order valence-corrected chi connectivity index (χ1v) is 7.72. The van der Waals surface area contributed by atoms with E-state index in [1.54, 1.807) is 24.3 Å². The Morgan fingerprint density at radius 1 is 1.00 bits per heavy atom. The van der Waals surface area contributed by atoms with E-state index in [2.05, 4.69) is 5.32 Å². The molecule has 2 aliphatic rings. The SMILES string of the molecule is O=S(=O)(c1ccccc1)[C@@H]1C[C@H]2CNC[C@H]2C1. The minimum Gasteiger partial charge on any atom is -0.316 e. The molecule has 2 fully saturated rings. The van der Waals surface area contributed by atoms with E-state index >= 15 is 0 Å². The Bertz CT molecular complexity index is 485. The van der Waals surface area contributed by atoms with Crippen molar-refractivity contribution in [3.8, 4) is 0 Å². The summed E-state index contributed by atoms with van der Waals surface area (Å²) >= 11 is 0. The second kappa shape index (κ2) is 4.10. The largest absolute Gasteiger partial charge is 0.316 e. The van der Waals surface area contributed by atoms with Crippen LogP contribution in [0.25, 0.3) is 0 Å². The molecule has 3 rings (SSSR count). The van der Waals surface area contributed by atoms with Crippen LogP contribution in [0.4, 0.5) is 0 Å². The van der Waals surface area contributed by atoms with Gasteiger partial charge in [-0.1, -0.05) is 18.2 Å². The zero-order chi connectivity index (χ0) is 11.9. The molecule has 0 radical (unpaired) electrons. The van der Waals surface area contributed by atoms with E-state index in [0.29, 0.717) is 16.7 Å². The molecule has 1 aromatic rings. The second-order valence-corrected chi connectivity index (χ2v) is 7.36. The summed E-state index contributed by atoms with van der Waals surface area (Å²) in [7, 11) is -3.11. The summed E-state index contributed by atoms with van der Waals surface area (Å²) < 4.78 is 24.9. The molecule has 3 atom stereocenters. The monoisotopic (exact) mass is 251 g/mol. The van der Waals surface area contributed by atoms with Crippen LogP contribution in [0.3, 0.4) is 0 Å². The maximum absolute atomic E-state index is 12.4. The Balaban J connectivity index is 1.86. The van der Waals surface area contributed by atoms with Gasteiger partial charge in [-0.15, -0.1) is 0 Å². The van der Waals surface area contributed by atoms with Crippen molar-refractivity contribution in [3.05, 3.63) is 30.3 Å². The molecule has 1 aliphatic carbocycles. The zero-order valence-corrected chi connectivity index (χ0v) is 10.5. The predicted octanol–water partition coefficient (Wildman–Crippen LogP) is 1.46. The van der Waals surface area contributed by atoms with Crippen LogP contribution in [0, 0.1) is 11.8 Å². The highest BCUT2D eigenvalue weighted by molar-refractivity contribution is 7.92. The third-order valence-electron chi connectivity index (χ3n) is 4.12. The van der Waals surface area contributed by atoms with Crippen LogP contribution in [-0.4, -0.2) is 26.8 Å². The van der Waals surface area contributed by atoms with E-state index in [1.165, 1.54) is 0 Å². The van der Waals surface area contributed by atoms with Crippen LogP contribution in [0.5, 0.6) is 0 Å². The first kappa shape index (κ1) is 11.2. The summed E-state index contributed by atoms with van der Waals surface area (Å²) in [5.41, 5.74) is 0. The second-order valence-electron chi connectivity index (χ2n) is 5.13. The standard InChI is InChI=1S/C13H17NO2S/c15-17(16,12-4-2-1-3-5-12)13-6-10-8-14-9-11(10)7-13/h1-5,10-11,13-14H,6-9H2/t10-,11+,13+. The molecule has 0 unspecified atom stereocenters. The molecule has 0 aromatic heterocycles. The van der Waals surface area contributed by atoms with Crippen LogP contribution in [0.1, 0.15) is 12.8 Å². The average Bonchev–Trinajstić information content (AvgIpc) is 2.90. The van der Waals surface area contributed by atoms with Gasteiger partial charge in [0.1, 0.15) is 0 Å². The number of rotatable bonds is 2. The summed E-state index contributed by atoms with van der Waals surface area (Å²) in [6.07, 6.45) is 1.66. The Labute approximate surface area is 102 Å². The fourth-order valence-corrected chi connectivity index (χ4v) is 5.09. The third kappa shape index (κ3) is 1.89. The van der Waals surface area contributed by atoms with Crippen LogP contribution in [-0.2, 0) is 9.84 Å². The van der Waals surface area contributed by atoms with E-state index in [4.69, 9.17) is 0 Å². The van der Waals surface area contributed by atoms with Gasteiger partial charge in [0.05, 0.1) is 10.1 Å². The molecule has 1 heterocycles. The number of nitrogens with one attached hydrogen (secondary N) is 1. The maximum Gasteiger partial charge on any atom is 0.181 e. The maximum atomic E-state index is 12.4. The summed E-state index contributed by atoms with van der Waals surface area (Å²) in [6, 6.07) is 8.87. The Hall–Kier alpha value is -0.870. The minimum atomic E-state index is -3.11. The molecule has 4 heteroatoms. The van der Waals surface area contributed by atoms with Gasteiger partial charge < -0.3 is 5.32 Å². The Morgan fingerprint density at radius 3 is 2.18 bits per heavy atom. The number of benzene rings is 1. The molecule has 1 aromatic carbocycles. The van der Waals surface area contributed by atoms with Gasteiger partial charge in [-0.3, -0.25) is 0 Å². The first-order valence-electron chi connectivity index (χ1n) is 6.17. The summed E-state index contributed by atoms with van der Waals surface area (Å²) in [5, 5.41) is 3.18. The number of hydrogen-bond donors (Lipinski definition) is 1. The average molecular weight is 251 g/mol. The number of fused-ring (bicyclic) bond motifs is 1. The van der Waals surface area contributed by atoms with E-state index in [1.807, 2.05) is 6.07 Å². The van der Waals surface area contributed by atoms with E-state index in [9.17, 15) is 8.42 Å². The summed E-state index contributed by atoms with van der Waals surface area (Å²) in [5.74, 6) is 1.14. The molecule has 1 saturated carbocycles. The minimum absolute atomic E-state index is 0.165. The Morgan fingerprint density at radius 2 is 1.59 bits per heavy atom. The van der Waals surface area contributed by atoms with Gasteiger partial charge in [-0.05, 0) is 49.9 Å². The third-order valence-corrected chi connectivity index (χ3v) is 6.31. The molecule has 1 saturated heterocycles. The lowest BCUT2D eigenvalue weighted by Crippen LogP contribution is -2.22. The molecule has 1 N–H and O–H groups in total. The summed E-state index contributed by atoms with van der Waals surface area (Å²) in [6.45, 7) is 1.98. The molecule has 1 aliphatic heterocycles. The highest BCUT2D eigenvalue weighted by Crippen LogP contribution is 2.39. The Kier molecular flexibility index (Phi) is 2.71. The normalized spacial score (nSPS) is 32.6. The van der Waals surface area contributed by atoms with Gasteiger partial charge in [0.2, 0.25) is 0 Å². The topological polar surface area (TPSA) is 46.2 Å². The molecule has 0 amide bonds. The molecule has 17 heavy (non-hydrogen) atoms. The fraction of sp³-hybridized carbons (Fsp3) is 0.538. The van der Waals surface area contributed by atoms with Gasteiger partial charge in [-0.2, -0.15) is 0 Å². The summed E-state index contributed by atoms with van der Waals surface area (Å²) in [4.78, 5) is 0.484. The van der Waals surface area contributed by atoms with Gasteiger partial charge in [0.25, 0.3) is 0 Å². The zero-order valence-electron chi connectivity index (χ0n) is 9.67.